The van der Waals surface area contributed by atoms with Gasteiger partial charge in [-0.15, -0.1) is 0 Å². The monoisotopic (exact) mass is 313 g/mol. The van der Waals surface area contributed by atoms with Gasteiger partial charge < -0.3 is 10.2 Å². The predicted molar refractivity (Wildman–Crippen MR) is 88.0 cm³/mol. The van der Waals surface area contributed by atoms with Gasteiger partial charge in [-0.3, -0.25) is 9.69 Å². The molecule has 1 aromatic carbocycles. The molecular formula is C18H23N3O2. The molecule has 2 aliphatic heterocycles. The van der Waals surface area contributed by atoms with Gasteiger partial charge in [0.25, 0.3) is 5.91 Å². The van der Waals surface area contributed by atoms with Gasteiger partial charge in [-0.05, 0) is 24.8 Å². The standard InChI is InChI=1S/C18H23N3O2/c22-17(19-15-7-4-8-15)16-11-18(23-20-16)9-10-21(13-18)12-14-5-2-1-3-6-14/h1-3,5-6,15H,4,7-13H2,(H,19,22)/t18-/m0/s1. The van der Waals surface area contributed by atoms with Gasteiger partial charge in [-0.2, -0.15) is 0 Å². The van der Waals surface area contributed by atoms with Crippen molar-refractivity contribution in [3.63, 3.8) is 0 Å². The number of amides is 1. The molecule has 0 radical (unpaired) electrons. The van der Waals surface area contributed by atoms with Crippen molar-refractivity contribution in [1.29, 1.82) is 0 Å². The molecular weight excluding hydrogens is 290 g/mol. The van der Waals surface area contributed by atoms with Crippen molar-refractivity contribution in [3.8, 4) is 0 Å². The summed E-state index contributed by atoms with van der Waals surface area (Å²) in [5, 5.41) is 7.15. The molecule has 2 heterocycles. The molecule has 1 aliphatic carbocycles. The van der Waals surface area contributed by atoms with Crippen LogP contribution in [0.3, 0.4) is 0 Å². The third-order valence-electron chi connectivity index (χ3n) is 5.19. The summed E-state index contributed by atoms with van der Waals surface area (Å²) < 4.78 is 0. The zero-order chi connectivity index (χ0) is 15.7. The molecule has 5 nitrogen and oxygen atoms in total. The first-order valence-electron chi connectivity index (χ1n) is 8.55. The molecule has 1 amide bonds. The van der Waals surface area contributed by atoms with E-state index >= 15 is 0 Å². The normalized spacial score (nSPS) is 27.6. The van der Waals surface area contributed by atoms with Crippen molar-refractivity contribution in [3.05, 3.63) is 35.9 Å². The number of carbonyl (C=O) groups is 1. The summed E-state index contributed by atoms with van der Waals surface area (Å²) in [6, 6.07) is 10.8. The third-order valence-corrected chi connectivity index (χ3v) is 5.19. The van der Waals surface area contributed by atoms with Crippen LogP contribution >= 0.6 is 0 Å². The highest BCUT2D eigenvalue weighted by Crippen LogP contribution is 2.34. The van der Waals surface area contributed by atoms with Crippen LogP contribution < -0.4 is 5.32 Å². The summed E-state index contributed by atoms with van der Waals surface area (Å²) in [4.78, 5) is 20.3. The minimum absolute atomic E-state index is 0.0342. The third kappa shape index (κ3) is 3.11. The minimum Gasteiger partial charge on any atom is -0.387 e. The molecule has 1 saturated heterocycles. The Kier molecular flexibility index (Phi) is 3.81. The van der Waals surface area contributed by atoms with E-state index in [1.807, 2.05) is 6.07 Å². The Balaban J connectivity index is 1.32. The second-order valence-corrected chi connectivity index (χ2v) is 7.04. The first kappa shape index (κ1) is 14.7. The number of carbonyl (C=O) groups excluding carboxylic acids is 1. The first-order chi connectivity index (χ1) is 11.2. The topological polar surface area (TPSA) is 53.9 Å². The van der Waals surface area contributed by atoms with Crippen LogP contribution in [0.2, 0.25) is 0 Å². The number of nitrogens with one attached hydrogen (secondary N) is 1. The fraction of sp³-hybridized carbons (Fsp3) is 0.556. The van der Waals surface area contributed by atoms with Gasteiger partial charge in [0.05, 0.1) is 0 Å². The van der Waals surface area contributed by atoms with E-state index in [0.717, 1.165) is 38.9 Å². The maximum Gasteiger partial charge on any atom is 0.269 e. The van der Waals surface area contributed by atoms with Crippen molar-refractivity contribution >= 4 is 11.6 Å². The summed E-state index contributed by atoms with van der Waals surface area (Å²) in [6.45, 7) is 2.75. The molecule has 1 saturated carbocycles. The highest BCUT2D eigenvalue weighted by atomic mass is 16.7. The van der Waals surface area contributed by atoms with E-state index in [9.17, 15) is 4.79 Å². The molecule has 5 heteroatoms. The fourth-order valence-electron chi connectivity index (χ4n) is 3.59. The Morgan fingerprint density at radius 1 is 1.35 bits per heavy atom. The Bertz CT molecular complexity index is 612. The lowest BCUT2D eigenvalue weighted by atomic mass is 9.92. The van der Waals surface area contributed by atoms with Crippen LogP contribution in [0.4, 0.5) is 0 Å². The lowest BCUT2D eigenvalue weighted by Crippen LogP contribution is -2.43. The molecule has 4 rings (SSSR count). The molecule has 0 unspecified atom stereocenters. The number of nitrogens with zero attached hydrogens (tertiary/aromatic N) is 2. The molecule has 1 atom stereocenters. The highest BCUT2D eigenvalue weighted by molar-refractivity contribution is 6.39. The van der Waals surface area contributed by atoms with Gasteiger partial charge in [0.15, 0.2) is 5.60 Å². The molecule has 2 fully saturated rings. The molecule has 23 heavy (non-hydrogen) atoms. The quantitative estimate of drug-likeness (QED) is 0.926. The molecule has 1 aromatic rings. The largest absolute Gasteiger partial charge is 0.387 e. The summed E-state index contributed by atoms with van der Waals surface area (Å²) in [6.07, 6.45) is 4.97. The van der Waals surface area contributed by atoms with E-state index < -0.39 is 0 Å². The zero-order valence-electron chi connectivity index (χ0n) is 13.3. The second kappa shape index (κ2) is 5.96. The summed E-state index contributed by atoms with van der Waals surface area (Å²) in [7, 11) is 0. The number of rotatable bonds is 4. The molecule has 0 aromatic heterocycles. The van der Waals surface area contributed by atoms with Gasteiger partial charge >= 0.3 is 0 Å². The molecule has 0 bridgehead atoms. The van der Waals surface area contributed by atoms with Crippen LogP contribution in [0.1, 0.15) is 37.7 Å². The molecule has 122 valence electrons. The van der Waals surface area contributed by atoms with Crippen LogP contribution in [0.15, 0.2) is 35.5 Å². The number of oxime groups is 1. The average Bonchev–Trinajstić information content (AvgIpc) is 3.11. The first-order valence-corrected chi connectivity index (χ1v) is 8.55. The SMILES string of the molecule is O=C(NC1CCC1)C1=NO[C@@]2(CCN(Cc3ccccc3)C2)C1. The van der Waals surface area contributed by atoms with Gasteiger partial charge in [-0.1, -0.05) is 35.5 Å². The van der Waals surface area contributed by atoms with Crippen molar-refractivity contribution < 1.29 is 9.63 Å². The summed E-state index contributed by atoms with van der Waals surface area (Å²) in [5.41, 5.74) is 1.59. The fourth-order valence-corrected chi connectivity index (χ4v) is 3.59. The van der Waals surface area contributed by atoms with E-state index in [1.54, 1.807) is 0 Å². The van der Waals surface area contributed by atoms with Crippen LogP contribution in [0.25, 0.3) is 0 Å². The number of likely N-dealkylation sites (tertiary alicyclic amines) is 1. The van der Waals surface area contributed by atoms with Gasteiger partial charge in [-0.25, -0.2) is 0 Å². The maximum absolute atomic E-state index is 12.2. The lowest BCUT2D eigenvalue weighted by Gasteiger charge is -2.26. The highest BCUT2D eigenvalue weighted by Gasteiger charge is 2.46. The van der Waals surface area contributed by atoms with Gasteiger partial charge in [0.1, 0.15) is 5.71 Å². The smallest absolute Gasteiger partial charge is 0.269 e. The van der Waals surface area contributed by atoms with Crippen LogP contribution in [0, 0.1) is 0 Å². The van der Waals surface area contributed by atoms with E-state index in [-0.39, 0.29) is 11.5 Å². The lowest BCUT2D eigenvalue weighted by molar-refractivity contribution is -0.116. The number of hydrogen-bond acceptors (Lipinski definition) is 4. The maximum atomic E-state index is 12.2. The van der Waals surface area contributed by atoms with Crippen molar-refractivity contribution in [2.75, 3.05) is 13.1 Å². The Morgan fingerprint density at radius 3 is 2.91 bits per heavy atom. The van der Waals surface area contributed by atoms with Gasteiger partial charge in [0.2, 0.25) is 0 Å². The van der Waals surface area contributed by atoms with E-state index in [2.05, 4.69) is 39.6 Å². The molecule has 3 aliphatic rings. The average molecular weight is 313 g/mol. The zero-order valence-corrected chi connectivity index (χ0v) is 13.3. The van der Waals surface area contributed by atoms with E-state index in [0.29, 0.717) is 18.2 Å². The summed E-state index contributed by atoms with van der Waals surface area (Å²) in [5.74, 6) is -0.0342. The van der Waals surface area contributed by atoms with Crippen LogP contribution in [-0.2, 0) is 16.2 Å². The Hall–Kier alpha value is -1.88. The van der Waals surface area contributed by atoms with E-state index in [1.165, 1.54) is 12.0 Å². The van der Waals surface area contributed by atoms with Gasteiger partial charge in [0, 0.05) is 38.5 Å². The molecule has 1 N–H and O–H groups in total. The van der Waals surface area contributed by atoms with Crippen LogP contribution in [-0.4, -0.2) is 41.3 Å². The molecule has 1 spiro atoms. The van der Waals surface area contributed by atoms with Crippen molar-refractivity contribution in [1.82, 2.24) is 10.2 Å². The Labute approximate surface area is 136 Å². The predicted octanol–water partition coefficient (Wildman–Crippen LogP) is 2.08. The Morgan fingerprint density at radius 2 is 2.17 bits per heavy atom. The van der Waals surface area contributed by atoms with E-state index in [4.69, 9.17) is 4.84 Å². The van der Waals surface area contributed by atoms with Crippen LogP contribution in [0.5, 0.6) is 0 Å². The minimum atomic E-state index is -0.291. The second-order valence-electron chi connectivity index (χ2n) is 7.04. The van der Waals surface area contributed by atoms with Crippen molar-refractivity contribution in [2.45, 2.75) is 50.3 Å². The number of benzene rings is 1. The summed E-state index contributed by atoms with van der Waals surface area (Å²) >= 11 is 0. The van der Waals surface area contributed by atoms with Crippen molar-refractivity contribution in [2.24, 2.45) is 5.16 Å². The number of hydrogen-bond donors (Lipinski definition) is 1.